The summed E-state index contributed by atoms with van der Waals surface area (Å²) in [6.07, 6.45) is 0.755. The summed E-state index contributed by atoms with van der Waals surface area (Å²) in [6.45, 7) is 4.38. The molecule has 1 aromatic rings. The lowest BCUT2D eigenvalue weighted by Crippen LogP contribution is -2.46. The molecule has 0 aliphatic carbocycles. The van der Waals surface area contributed by atoms with Gasteiger partial charge in [0.2, 0.25) is 0 Å². The molecule has 0 aromatic carbocycles. The molecule has 2 amide bonds. The zero-order valence-corrected chi connectivity index (χ0v) is 12.4. The summed E-state index contributed by atoms with van der Waals surface area (Å²) < 4.78 is 4.95. The molecular formula is C13H22N2O3S. The van der Waals surface area contributed by atoms with Gasteiger partial charge in [0.25, 0.3) is 0 Å². The summed E-state index contributed by atoms with van der Waals surface area (Å²) in [7, 11) is 1.63. The minimum atomic E-state index is -1.04. The Morgan fingerprint density at radius 1 is 1.63 bits per heavy atom. The van der Waals surface area contributed by atoms with E-state index in [0.29, 0.717) is 6.61 Å². The lowest BCUT2D eigenvalue weighted by atomic mass is 10.1. The highest BCUT2D eigenvalue weighted by atomic mass is 32.1. The first-order valence-corrected chi connectivity index (χ1v) is 7.13. The number of ether oxygens (including phenoxy) is 1. The van der Waals surface area contributed by atoms with Crippen molar-refractivity contribution < 1.29 is 14.6 Å². The van der Waals surface area contributed by atoms with Crippen LogP contribution in [0.5, 0.6) is 0 Å². The first-order chi connectivity index (χ1) is 8.95. The number of thiophene rings is 1. The number of rotatable bonds is 7. The van der Waals surface area contributed by atoms with Gasteiger partial charge in [0.1, 0.15) is 5.60 Å². The van der Waals surface area contributed by atoms with Gasteiger partial charge in [0.15, 0.2) is 0 Å². The van der Waals surface area contributed by atoms with E-state index in [1.54, 1.807) is 14.0 Å². The van der Waals surface area contributed by atoms with Gasteiger partial charge in [-0.25, -0.2) is 4.79 Å². The third-order valence-electron chi connectivity index (χ3n) is 2.78. The number of hydrogen-bond donors (Lipinski definition) is 3. The molecule has 6 heteroatoms. The molecule has 5 nitrogen and oxygen atoms in total. The highest BCUT2D eigenvalue weighted by Crippen LogP contribution is 2.24. The van der Waals surface area contributed by atoms with Gasteiger partial charge in [-0.1, -0.05) is 6.07 Å². The second-order valence-electron chi connectivity index (χ2n) is 4.76. The Bertz CT molecular complexity index is 379. The maximum absolute atomic E-state index is 11.7. The zero-order chi connectivity index (χ0) is 14.3. The van der Waals surface area contributed by atoms with Crippen LogP contribution in [-0.2, 0) is 10.3 Å². The van der Waals surface area contributed by atoms with Crippen LogP contribution in [0.3, 0.4) is 0 Å². The molecule has 0 aliphatic rings. The van der Waals surface area contributed by atoms with Crippen molar-refractivity contribution in [1.82, 2.24) is 10.6 Å². The maximum atomic E-state index is 11.7. The second kappa shape index (κ2) is 7.47. The molecule has 2 atom stereocenters. The molecule has 0 saturated carbocycles. The predicted molar refractivity (Wildman–Crippen MR) is 76.4 cm³/mol. The monoisotopic (exact) mass is 286 g/mol. The minimum Gasteiger partial charge on any atom is -0.385 e. The van der Waals surface area contributed by atoms with E-state index in [0.717, 1.165) is 11.3 Å². The van der Waals surface area contributed by atoms with Crippen LogP contribution in [0, 0.1) is 0 Å². The molecule has 0 saturated heterocycles. The van der Waals surface area contributed by atoms with E-state index < -0.39 is 5.60 Å². The summed E-state index contributed by atoms with van der Waals surface area (Å²) in [5.41, 5.74) is -1.04. The normalized spacial score (nSPS) is 15.6. The molecule has 0 spiro atoms. The van der Waals surface area contributed by atoms with Crippen LogP contribution in [0.1, 0.15) is 25.1 Å². The summed E-state index contributed by atoms with van der Waals surface area (Å²) >= 11 is 1.47. The van der Waals surface area contributed by atoms with Gasteiger partial charge in [-0.2, -0.15) is 0 Å². The lowest BCUT2D eigenvalue weighted by Gasteiger charge is -2.23. The molecular weight excluding hydrogens is 264 g/mol. The van der Waals surface area contributed by atoms with Gasteiger partial charge >= 0.3 is 6.03 Å². The SMILES string of the molecule is COCC[C@@H](C)NC(=O)NC[C@](C)(O)c1cccs1. The Balaban J connectivity index is 2.34. The molecule has 0 fully saturated rings. The number of hydrogen-bond acceptors (Lipinski definition) is 4. The summed E-state index contributed by atoms with van der Waals surface area (Å²) in [5.74, 6) is 0. The molecule has 1 rings (SSSR count). The zero-order valence-electron chi connectivity index (χ0n) is 11.6. The van der Waals surface area contributed by atoms with Crippen molar-refractivity contribution >= 4 is 17.4 Å². The van der Waals surface area contributed by atoms with E-state index >= 15 is 0 Å². The fraction of sp³-hybridized carbons (Fsp3) is 0.615. The molecule has 1 heterocycles. The van der Waals surface area contributed by atoms with Gasteiger partial charge in [-0.3, -0.25) is 0 Å². The van der Waals surface area contributed by atoms with E-state index in [4.69, 9.17) is 4.74 Å². The highest BCUT2D eigenvalue weighted by molar-refractivity contribution is 7.10. The first-order valence-electron chi connectivity index (χ1n) is 6.25. The van der Waals surface area contributed by atoms with Gasteiger partial charge in [0.05, 0.1) is 6.54 Å². The Morgan fingerprint density at radius 3 is 2.95 bits per heavy atom. The maximum Gasteiger partial charge on any atom is 0.315 e. The van der Waals surface area contributed by atoms with E-state index in [2.05, 4.69) is 10.6 Å². The summed E-state index contributed by atoms with van der Waals surface area (Å²) in [4.78, 5) is 12.5. The topological polar surface area (TPSA) is 70.6 Å². The van der Waals surface area contributed by atoms with E-state index in [-0.39, 0.29) is 18.6 Å². The van der Waals surface area contributed by atoms with Crippen molar-refractivity contribution in [2.75, 3.05) is 20.3 Å². The lowest BCUT2D eigenvalue weighted by molar-refractivity contribution is 0.0629. The van der Waals surface area contributed by atoms with Gasteiger partial charge < -0.3 is 20.5 Å². The third kappa shape index (κ3) is 5.59. The average Bonchev–Trinajstić information content (AvgIpc) is 2.88. The van der Waals surface area contributed by atoms with Crippen LogP contribution in [0.2, 0.25) is 0 Å². The molecule has 3 N–H and O–H groups in total. The number of carbonyl (C=O) groups is 1. The number of aliphatic hydroxyl groups is 1. The van der Waals surface area contributed by atoms with Crippen molar-refractivity contribution in [3.05, 3.63) is 22.4 Å². The highest BCUT2D eigenvalue weighted by Gasteiger charge is 2.24. The van der Waals surface area contributed by atoms with Crippen molar-refractivity contribution in [3.63, 3.8) is 0 Å². The molecule has 0 unspecified atom stereocenters. The summed E-state index contributed by atoms with van der Waals surface area (Å²) in [6, 6.07) is 3.49. The third-order valence-corrected chi connectivity index (χ3v) is 3.90. The van der Waals surface area contributed by atoms with Crippen LogP contribution in [0.4, 0.5) is 4.79 Å². The number of amides is 2. The molecule has 0 aliphatic heterocycles. The van der Waals surface area contributed by atoms with Crippen LogP contribution < -0.4 is 10.6 Å². The largest absolute Gasteiger partial charge is 0.385 e. The van der Waals surface area contributed by atoms with Gasteiger partial charge in [-0.15, -0.1) is 11.3 Å². The standard InChI is InChI=1S/C13H22N2O3S/c1-10(6-7-18-3)15-12(16)14-9-13(2,17)11-5-4-8-19-11/h4-5,8,10,17H,6-7,9H2,1-3H3,(H2,14,15,16)/t10-,13+/m1/s1. The quantitative estimate of drug-likeness (QED) is 0.714. The first kappa shape index (κ1) is 15.9. The Hall–Kier alpha value is -1.11. The fourth-order valence-electron chi connectivity index (χ4n) is 1.57. The smallest absolute Gasteiger partial charge is 0.315 e. The van der Waals surface area contributed by atoms with Gasteiger partial charge in [0, 0.05) is 24.6 Å². The molecule has 108 valence electrons. The number of nitrogens with one attached hydrogen (secondary N) is 2. The van der Waals surface area contributed by atoms with Crippen LogP contribution in [0.15, 0.2) is 17.5 Å². The average molecular weight is 286 g/mol. The Kier molecular flexibility index (Phi) is 6.27. The Labute approximate surface area is 118 Å². The van der Waals surface area contributed by atoms with Crippen LogP contribution in [-0.4, -0.2) is 37.4 Å². The molecule has 1 aromatic heterocycles. The fourth-order valence-corrected chi connectivity index (χ4v) is 2.35. The number of urea groups is 1. The number of methoxy groups -OCH3 is 1. The van der Waals surface area contributed by atoms with Crippen LogP contribution in [0.25, 0.3) is 0 Å². The predicted octanol–water partition coefficient (Wildman–Crippen LogP) is 1.68. The number of carbonyl (C=O) groups excluding carboxylic acids is 1. The van der Waals surface area contributed by atoms with Crippen molar-refractivity contribution in [2.24, 2.45) is 0 Å². The molecule has 0 bridgehead atoms. The van der Waals surface area contributed by atoms with E-state index in [9.17, 15) is 9.90 Å². The molecule has 19 heavy (non-hydrogen) atoms. The Morgan fingerprint density at radius 2 is 2.37 bits per heavy atom. The van der Waals surface area contributed by atoms with Gasteiger partial charge in [-0.05, 0) is 31.7 Å². The minimum absolute atomic E-state index is 0.0339. The summed E-state index contributed by atoms with van der Waals surface area (Å²) in [5, 5.41) is 17.6. The van der Waals surface area contributed by atoms with E-state index in [1.807, 2.05) is 24.4 Å². The van der Waals surface area contributed by atoms with E-state index in [1.165, 1.54) is 11.3 Å². The van der Waals surface area contributed by atoms with Crippen molar-refractivity contribution in [2.45, 2.75) is 31.9 Å². The van der Waals surface area contributed by atoms with Crippen LogP contribution >= 0.6 is 11.3 Å². The van der Waals surface area contributed by atoms with Crippen molar-refractivity contribution in [3.8, 4) is 0 Å². The molecule has 0 radical (unpaired) electrons. The second-order valence-corrected chi connectivity index (χ2v) is 5.71. The van der Waals surface area contributed by atoms with Crippen molar-refractivity contribution in [1.29, 1.82) is 0 Å².